The average molecular weight is 180 g/mol. The Kier molecular flexibility index (Phi) is 1.79. The fourth-order valence-electron chi connectivity index (χ4n) is 1.59. The summed E-state index contributed by atoms with van der Waals surface area (Å²) in [5.41, 5.74) is 0.537. The molecule has 1 fully saturated rings. The van der Waals surface area contributed by atoms with Crippen LogP contribution in [0.3, 0.4) is 0 Å². The first-order chi connectivity index (χ1) is 6.20. The topological polar surface area (TPSA) is 37.3 Å². The fraction of sp³-hybridized carbons (Fsp3) is 0.300. The monoisotopic (exact) mass is 180 g/mol. The number of hydrogen-bond acceptors (Lipinski definition) is 1. The van der Waals surface area contributed by atoms with Crippen LogP contribution in [0.2, 0.25) is 0 Å². The normalized spacial score (nSPS) is 25.6. The highest BCUT2D eigenvalue weighted by Gasteiger charge is 2.45. The van der Waals surface area contributed by atoms with Crippen molar-refractivity contribution in [1.29, 1.82) is 0 Å². The molecule has 0 saturated heterocycles. The standard InChI is InChI=1S/C10H9FO2/c11-9-4-2-1-3-6(9)7-5-8(7)10(12)13/h1-4,7-8H,5H2,(H,12,13)/t7?,8-/m1/s1. The summed E-state index contributed by atoms with van der Waals surface area (Å²) in [7, 11) is 0. The van der Waals surface area contributed by atoms with Crippen molar-refractivity contribution in [1.82, 2.24) is 0 Å². The van der Waals surface area contributed by atoms with Gasteiger partial charge in [0.1, 0.15) is 5.82 Å². The number of carboxylic acid groups (broad SMARTS) is 1. The van der Waals surface area contributed by atoms with E-state index in [0.29, 0.717) is 12.0 Å². The van der Waals surface area contributed by atoms with Gasteiger partial charge in [-0.1, -0.05) is 18.2 Å². The summed E-state index contributed by atoms with van der Waals surface area (Å²) in [4.78, 5) is 10.5. The van der Waals surface area contributed by atoms with Gasteiger partial charge >= 0.3 is 5.97 Å². The summed E-state index contributed by atoms with van der Waals surface area (Å²) >= 11 is 0. The molecule has 0 radical (unpaired) electrons. The second-order valence-corrected chi connectivity index (χ2v) is 3.31. The Bertz CT molecular complexity index is 349. The van der Waals surface area contributed by atoms with Gasteiger partial charge in [0.25, 0.3) is 0 Å². The molecule has 0 amide bonds. The van der Waals surface area contributed by atoms with Crippen molar-refractivity contribution in [3.8, 4) is 0 Å². The molecule has 0 aliphatic heterocycles. The van der Waals surface area contributed by atoms with E-state index in [4.69, 9.17) is 5.11 Å². The van der Waals surface area contributed by atoms with Crippen molar-refractivity contribution in [3.05, 3.63) is 35.6 Å². The Balaban J connectivity index is 2.21. The minimum Gasteiger partial charge on any atom is -0.481 e. The van der Waals surface area contributed by atoms with E-state index < -0.39 is 5.97 Å². The van der Waals surface area contributed by atoms with Gasteiger partial charge < -0.3 is 5.11 Å². The molecule has 2 nitrogen and oxygen atoms in total. The maximum absolute atomic E-state index is 13.1. The van der Waals surface area contributed by atoms with E-state index >= 15 is 0 Å². The number of benzene rings is 1. The number of carboxylic acids is 1. The van der Waals surface area contributed by atoms with Crippen LogP contribution in [0.15, 0.2) is 24.3 Å². The van der Waals surface area contributed by atoms with Crippen LogP contribution in [0.4, 0.5) is 4.39 Å². The zero-order valence-electron chi connectivity index (χ0n) is 6.90. The van der Waals surface area contributed by atoms with Gasteiger partial charge in [-0.05, 0) is 18.1 Å². The number of carbonyl (C=O) groups is 1. The lowest BCUT2D eigenvalue weighted by Crippen LogP contribution is -1.99. The first-order valence-electron chi connectivity index (χ1n) is 4.17. The van der Waals surface area contributed by atoms with E-state index in [1.807, 2.05) is 0 Å². The predicted octanol–water partition coefficient (Wildman–Crippen LogP) is 2.01. The quantitative estimate of drug-likeness (QED) is 0.755. The summed E-state index contributed by atoms with van der Waals surface area (Å²) in [6, 6.07) is 6.36. The van der Waals surface area contributed by atoms with Crippen LogP contribution in [0.1, 0.15) is 17.9 Å². The zero-order chi connectivity index (χ0) is 9.42. The first kappa shape index (κ1) is 8.23. The third-order valence-corrected chi connectivity index (χ3v) is 2.41. The molecule has 1 aromatic carbocycles. The van der Waals surface area contributed by atoms with Crippen LogP contribution < -0.4 is 0 Å². The Labute approximate surface area is 75.0 Å². The highest BCUT2D eigenvalue weighted by atomic mass is 19.1. The van der Waals surface area contributed by atoms with Crippen LogP contribution in [0, 0.1) is 11.7 Å². The summed E-state index contributed by atoms with van der Waals surface area (Å²) in [6.45, 7) is 0. The van der Waals surface area contributed by atoms with E-state index in [2.05, 4.69) is 0 Å². The van der Waals surface area contributed by atoms with Crippen molar-refractivity contribution in [2.75, 3.05) is 0 Å². The molecule has 2 rings (SSSR count). The van der Waals surface area contributed by atoms with Gasteiger partial charge in [0, 0.05) is 5.92 Å². The maximum Gasteiger partial charge on any atom is 0.307 e. The lowest BCUT2D eigenvalue weighted by molar-refractivity contribution is -0.138. The zero-order valence-corrected chi connectivity index (χ0v) is 6.90. The van der Waals surface area contributed by atoms with Crippen molar-refractivity contribution in [2.24, 2.45) is 5.92 Å². The molecule has 2 atom stereocenters. The van der Waals surface area contributed by atoms with Crippen LogP contribution >= 0.6 is 0 Å². The summed E-state index contributed by atoms with van der Waals surface area (Å²) in [5.74, 6) is -1.61. The molecular formula is C10H9FO2. The molecule has 3 heteroatoms. The third-order valence-electron chi connectivity index (χ3n) is 2.41. The lowest BCUT2D eigenvalue weighted by Gasteiger charge is -1.99. The number of halogens is 1. The average Bonchev–Trinajstić information content (AvgIpc) is 2.84. The van der Waals surface area contributed by atoms with E-state index in [9.17, 15) is 9.18 Å². The van der Waals surface area contributed by atoms with Gasteiger partial charge in [0.15, 0.2) is 0 Å². The number of rotatable bonds is 2. The molecule has 0 spiro atoms. The van der Waals surface area contributed by atoms with Gasteiger partial charge in [0.2, 0.25) is 0 Å². The highest BCUT2D eigenvalue weighted by Crippen LogP contribution is 2.48. The highest BCUT2D eigenvalue weighted by molar-refractivity contribution is 5.75. The molecule has 1 aliphatic carbocycles. The fourth-order valence-corrected chi connectivity index (χ4v) is 1.59. The molecule has 0 bridgehead atoms. The van der Waals surface area contributed by atoms with Crippen molar-refractivity contribution < 1.29 is 14.3 Å². The van der Waals surface area contributed by atoms with Gasteiger partial charge in [-0.25, -0.2) is 4.39 Å². The maximum atomic E-state index is 13.1. The lowest BCUT2D eigenvalue weighted by atomic mass is 10.1. The molecule has 0 heterocycles. The minimum atomic E-state index is -0.826. The summed E-state index contributed by atoms with van der Waals surface area (Å²) in [5, 5.41) is 8.65. The Morgan fingerprint density at radius 1 is 1.46 bits per heavy atom. The molecular weight excluding hydrogens is 171 g/mol. The molecule has 13 heavy (non-hydrogen) atoms. The van der Waals surface area contributed by atoms with E-state index in [1.54, 1.807) is 18.2 Å². The largest absolute Gasteiger partial charge is 0.481 e. The molecule has 1 unspecified atom stereocenters. The van der Waals surface area contributed by atoms with Crippen LogP contribution in [-0.2, 0) is 4.79 Å². The Morgan fingerprint density at radius 3 is 2.69 bits per heavy atom. The number of aliphatic carboxylic acids is 1. The first-order valence-corrected chi connectivity index (χ1v) is 4.17. The summed E-state index contributed by atoms with van der Waals surface area (Å²) in [6.07, 6.45) is 0.566. The molecule has 68 valence electrons. The van der Waals surface area contributed by atoms with Gasteiger partial charge in [-0.3, -0.25) is 4.79 Å². The van der Waals surface area contributed by atoms with Crippen LogP contribution in [0.5, 0.6) is 0 Å². The van der Waals surface area contributed by atoms with Crippen molar-refractivity contribution in [2.45, 2.75) is 12.3 Å². The Morgan fingerprint density at radius 2 is 2.15 bits per heavy atom. The molecule has 0 aromatic heterocycles. The van der Waals surface area contributed by atoms with Gasteiger partial charge in [0.05, 0.1) is 5.92 Å². The SMILES string of the molecule is O=C(O)[C@@H]1CC1c1ccccc1F. The van der Waals surface area contributed by atoms with Gasteiger partial charge in [-0.15, -0.1) is 0 Å². The van der Waals surface area contributed by atoms with Gasteiger partial charge in [-0.2, -0.15) is 0 Å². The third kappa shape index (κ3) is 1.41. The molecule has 1 saturated carbocycles. The van der Waals surface area contributed by atoms with Crippen LogP contribution in [0.25, 0.3) is 0 Å². The van der Waals surface area contributed by atoms with E-state index in [1.165, 1.54) is 6.07 Å². The number of hydrogen-bond donors (Lipinski definition) is 1. The molecule has 1 aliphatic rings. The van der Waals surface area contributed by atoms with Crippen molar-refractivity contribution in [3.63, 3.8) is 0 Å². The molecule has 1 aromatic rings. The smallest absolute Gasteiger partial charge is 0.307 e. The molecule has 1 N–H and O–H groups in total. The van der Waals surface area contributed by atoms with Crippen molar-refractivity contribution >= 4 is 5.97 Å². The Hall–Kier alpha value is -1.38. The predicted molar refractivity (Wildman–Crippen MR) is 44.9 cm³/mol. The summed E-state index contributed by atoms with van der Waals surface area (Å²) < 4.78 is 13.1. The minimum absolute atomic E-state index is 0.112. The van der Waals surface area contributed by atoms with Crippen LogP contribution in [-0.4, -0.2) is 11.1 Å². The van der Waals surface area contributed by atoms with E-state index in [0.717, 1.165) is 0 Å². The second kappa shape index (κ2) is 2.83. The van der Waals surface area contributed by atoms with E-state index in [-0.39, 0.29) is 17.7 Å². The second-order valence-electron chi connectivity index (χ2n) is 3.31.